The van der Waals surface area contributed by atoms with Crippen molar-refractivity contribution in [1.82, 2.24) is 10.2 Å². The molecule has 2 aliphatic rings. The summed E-state index contributed by atoms with van der Waals surface area (Å²) in [6.07, 6.45) is 0.954. The maximum Gasteiger partial charge on any atom is 0.296 e. The zero-order valence-corrected chi connectivity index (χ0v) is 18.7. The van der Waals surface area contributed by atoms with Crippen LogP contribution in [0.15, 0.2) is 47.4 Å². The van der Waals surface area contributed by atoms with Crippen molar-refractivity contribution in [3.05, 3.63) is 64.7 Å². The third kappa shape index (κ3) is 4.57. The first-order chi connectivity index (χ1) is 15.7. The maximum atomic E-state index is 12.9. The fourth-order valence-corrected chi connectivity index (χ4v) is 4.83. The van der Waals surface area contributed by atoms with Crippen LogP contribution < -0.4 is 5.32 Å². The Hall–Kier alpha value is -3.37. The fourth-order valence-electron chi connectivity index (χ4n) is 3.89. The Morgan fingerprint density at radius 3 is 2.39 bits per heavy atom. The second kappa shape index (κ2) is 8.87. The molecule has 172 valence electrons. The lowest BCUT2D eigenvalue weighted by molar-refractivity contribution is -0.136. The molecule has 2 aromatic rings. The van der Waals surface area contributed by atoms with Gasteiger partial charge in [-0.3, -0.25) is 33.6 Å². The minimum absolute atomic E-state index is 0.0391. The number of amides is 4. The Bertz CT molecular complexity index is 1250. The molecule has 0 spiro atoms. The van der Waals surface area contributed by atoms with E-state index in [4.69, 9.17) is 4.18 Å². The van der Waals surface area contributed by atoms with Crippen molar-refractivity contribution in [2.45, 2.75) is 43.5 Å². The quantitative estimate of drug-likeness (QED) is 0.371. The van der Waals surface area contributed by atoms with Gasteiger partial charge in [0.25, 0.3) is 21.9 Å². The number of carbonyl (C=O) groups excluding carboxylic acids is 4. The Morgan fingerprint density at radius 1 is 1.00 bits per heavy atom. The topological polar surface area (TPSA) is 127 Å². The summed E-state index contributed by atoms with van der Waals surface area (Å²) in [7, 11) is -3.85. The highest BCUT2D eigenvalue weighted by molar-refractivity contribution is 7.86. The first-order valence-corrected chi connectivity index (χ1v) is 11.9. The largest absolute Gasteiger partial charge is 0.296 e. The molecular weight excluding hydrogens is 448 g/mol. The first kappa shape index (κ1) is 22.8. The van der Waals surface area contributed by atoms with E-state index < -0.39 is 39.8 Å². The second-order valence-corrected chi connectivity index (χ2v) is 9.64. The van der Waals surface area contributed by atoms with Crippen molar-refractivity contribution in [2.75, 3.05) is 6.61 Å². The highest BCUT2D eigenvalue weighted by Gasteiger charge is 2.44. The van der Waals surface area contributed by atoms with Crippen molar-refractivity contribution in [1.29, 1.82) is 0 Å². The van der Waals surface area contributed by atoms with E-state index in [1.165, 1.54) is 18.2 Å². The average Bonchev–Trinajstić information content (AvgIpc) is 3.02. The summed E-state index contributed by atoms with van der Waals surface area (Å²) < 4.78 is 29.6. The number of benzene rings is 2. The summed E-state index contributed by atoms with van der Waals surface area (Å²) in [4.78, 5) is 50.1. The van der Waals surface area contributed by atoms with Crippen LogP contribution in [0.2, 0.25) is 0 Å². The zero-order chi connectivity index (χ0) is 23.8. The van der Waals surface area contributed by atoms with E-state index in [0.717, 1.165) is 16.0 Å². The van der Waals surface area contributed by atoms with Crippen LogP contribution in [0.3, 0.4) is 0 Å². The van der Waals surface area contributed by atoms with Gasteiger partial charge < -0.3 is 0 Å². The number of imide groups is 2. The lowest BCUT2D eigenvalue weighted by Gasteiger charge is -2.27. The molecule has 0 aromatic heterocycles. The van der Waals surface area contributed by atoms with Gasteiger partial charge in [-0.1, -0.05) is 23.8 Å². The van der Waals surface area contributed by atoms with E-state index in [1.807, 2.05) is 6.92 Å². The summed E-state index contributed by atoms with van der Waals surface area (Å²) in [5, 5.41) is 2.16. The molecule has 0 saturated carbocycles. The van der Waals surface area contributed by atoms with Gasteiger partial charge in [-0.2, -0.15) is 8.42 Å². The molecule has 9 nitrogen and oxygen atoms in total. The molecule has 1 saturated heterocycles. The standard InChI is InChI=1S/C23H22N2O7S/c1-14-4-7-16(8-5-14)33(30,31)32-12-2-3-15-6-9-17-18(13-15)23(29)25(22(17)28)19-10-11-20(26)24-21(19)27/h4-9,13,19H,2-3,10-12H2,1H3,(H,24,26,27). The SMILES string of the molecule is Cc1ccc(S(=O)(=O)OCCCc2ccc3c(c2)C(=O)N(C2CCC(=O)NC2=O)C3=O)cc1. The summed E-state index contributed by atoms with van der Waals surface area (Å²) in [6, 6.07) is 10.1. The van der Waals surface area contributed by atoms with Crippen LogP contribution >= 0.6 is 0 Å². The molecule has 0 bridgehead atoms. The zero-order valence-electron chi connectivity index (χ0n) is 17.9. The molecule has 1 fully saturated rings. The number of hydrogen-bond acceptors (Lipinski definition) is 7. The number of nitrogens with zero attached hydrogens (tertiary/aromatic N) is 1. The Labute approximate surface area is 190 Å². The lowest BCUT2D eigenvalue weighted by Crippen LogP contribution is -2.54. The van der Waals surface area contributed by atoms with Gasteiger partial charge in [0.15, 0.2) is 0 Å². The number of rotatable bonds is 7. The minimum atomic E-state index is -3.85. The minimum Gasteiger partial charge on any atom is -0.295 e. The van der Waals surface area contributed by atoms with Crippen LogP contribution in [-0.2, 0) is 30.3 Å². The molecule has 4 rings (SSSR count). The van der Waals surface area contributed by atoms with Crippen LogP contribution in [0, 0.1) is 6.92 Å². The van der Waals surface area contributed by atoms with Gasteiger partial charge in [0.1, 0.15) is 6.04 Å². The van der Waals surface area contributed by atoms with Crippen molar-refractivity contribution in [3.8, 4) is 0 Å². The first-order valence-electron chi connectivity index (χ1n) is 10.5. The molecular formula is C23H22N2O7S. The van der Waals surface area contributed by atoms with Crippen molar-refractivity contribution >= 4 is 33.7 Å². The molecule has 1 unspecified atom stereocenters. The highest BCUT2D eigenvalue weighted by Crippen LogP contribution is 2.28. The van der Waals surface area contributed by atoms with E-state index >= 15 is 0 Å². The third-order valence-corrected chi connectivity index (χ3v) is 6.99. The van der Waals surface area contributed by atoms with Gasteiger partial charge in [-0.15, -0.1) is 0 Å². The van der Waals surface area contributed by atoms with Gasteiger partial charge in [0.2, 0.25) is 11.8 Å². The fraction of sp³-hybridized carbons (Fsp3) is 0.304. The summed E-state index contributed by atoms with van der Waals surface area (Å²) in [5.74, 6) is -2.23. The van der Waals surface area contributed by atoms with Crippen LogP contribution in [0.5, 0.6) is 0 Å². The normalized spacial score (nSPS) is 18.5. The van der Waals surface area contributed by atoms with Crippen LogP contribution in [0.1, 0.15) is 51.1 Å². The van der Waals surface area contributed by atoms with E-state index in [0.29, 0.717) is 12.8 Å². The number of carbonyl (C=O) groups is 4. The lowest BCUT2D eigenvalue weighted by atomic mass is 10.0. The predicted octanol–water partition coefficient (Wildman–Crippen LogP) is 1.73. The number of aryl methyl sites for hydroxylation is 2. The molecule has 2 aliphatic heterocycles. The second-order valence-electron chi connectivity index (χ2n) is 8.02. The molecule has 33 heavy (non-hydrogen) atoms. The summed E-state index contributed by atoms with van der Waals surface area (Å²) in [5.41, 5.74) is 2.06. The van der Waals surface area contributed by atoms with Gasteiger partial charge in [-0.25, -0.2) is 0 Å². The van der Waals surface area contributed by atoms with Crippen molar-refractivity contribution in [2.24, 2.45) is 0 Å². The molecule has 1 atom stereocenters. The molecule has 4 amide bonds. The van der Waals surface area contributed by atoms with Gasteiger partial charge in [0.05, 0.1) is 22.6 Å². The van der Waals surface area contributed by atoms with Crippen LogP contribution in [-0.4, -0.2) is 49.6 Å². The maximum absolute atomic E-state index is 12.9. The van der Waals surface area contributed by atoms with E-state index in [2.05, 4.69) is 5.32 Å². The smallest absolute Gasteiger partial charge is 0.295 e. The van der Waals surface area contributed by atoms with E-state index in [-0.39, 0.29) is 35.5 Å². The molecule has 0 aliphatic carbocycles. The highest BCUT2D eigenvalue weighted by atomic mass is 32.2. The van der Waals surface area contributed by atoms with Crippen LogP contribution in [0.25, 0.3) is 0 Å². The van der Waals surface area contributed by atoms with Crippen molar-refractivity contribution < 1.29 is 31.8 Å². The summed E-state index contributed by atoms with van der Waals surface area (Å²) in [6.45, 7) is 1.82. The monoisotopic (exact) mass is 470 g/mol. The van der Waals surface area contributed by atoms with E-state index in [1.54, 1.807) is 24.3 Å². The Balaban J connectivity index is 1.39. The van der Waals surface area contributed by atoms with Gasteiger partial charge in [-0.05, 0) is 56.0 Å². The Morgan fingerprint density at radius 2 is 1.70 bits per heavy atom. The number of nitrogens with one attached hydrogen (secondary N) is 1. The molecule has 0 radical (unpaired) electrons. The van der Waals surface area contributed by atoms with Crippen molar-refractivity contribution in [3.63, 3.8) is 0 Å². The van der Waals surface area contributed by atoms with E-state index in [9.17, 15) is 27.6 Å². The summed E-state index contributed by atoms with van der Waals surface area (Å²) >= 11 is 0. The predicted molar refractivity (Wildman–Crippen MR) is 116 cm³/mol. The average molecular weight is 471 g/mol. The number of piperidine rings is 1. The van der Waals surface area contributed by atoms with Gasteiger partial charge in [0, 0.05) is 6.42 Å². The Kier molecular flexibility index (Phi) is 6.13. The molecule has 2 aromatic carbocycles. The number of hydrogen-bond donors (Lipinski definition) is 1. The van der Waals surface area contributed by atoms with Gasteiger partial charge >= 0.3 is 0 Å². The molecule has 10 heteroatoms. The molecule has 2 heterocycles. The van der Waals surface area contributed by atoms with Crippen LogP contribution in [0.4, 0.5) is 0 Å². The number of fused-ring (bicyclic) bond motifs is 1. The third-order valence-electron chi connectivity index (χ3n) is 5.66. The molecule has 1 N–H and O–H groups in total.